The maximum absolute atomic E-state index is 13.1. The van der Waals surface area contributed by atoms with Crippen molar-refractivity contribution in [2.45, 2.75) is 41.3 Å². The summed E-state index contributed by atoms with van der Waals surface area (Å²) in [5.74, 6) is -2.21. The van der Waals surface area contributed by atoms with Crippen LogP contribution in [0.2, 0.25) is 0 Å². The molecule has 3 rings (SSSR count). The quantitative estimate of drug-likeness (QED) is 0.325. The van der Waals surface area contributed by atoms with Gasteiger partial charge in [-0.25, -0.2) is 26.4 Å². The monoisotopic (exact) mass is 552 g/mol. The van der Waals surface area contributed by atoms with Crippen LogP contribution in [0, 0.1) is 0 Å². The molecule has 0 bridgehead atoms. The maximum atomic E-state index is 13.1. The first-order chi connectivity index (χ1) is 17.4. The molecule has 0 radical (unpaired) electrons. The van der Waals surface area contributed by atoms with Gasteiger partial charge in [0.15, 0.2) is 9.84 Å². The van der Waals surface area contributed by atoms with Gasteiger partial charge in [-0.3, -0.25) is 4.79 Å². The Labute approximate surface area is 215 Å². The number of hydrogen-bond donors (Lipinski definition) is 4. The number of carbonyl (C=O) groups is 3. The smallest absolute Gasteiger partial charge is 0.328 e. The Morgan fingerprint density at radius 1 is 0.973 bits per heavy atom. The molecule has 0 aromatic heterocycles. The highest BCUT2D eigenvalue weighted by atomic mass is 32.2. The molecule has 37 heavy (non-hydrogen) atoms. The van der Waals surface area contributed by atoms with Crippen molar-refractivity contribution < 1.29 is 36.3 Å². The van der Waals surface area contributed by atoms with E-state index in [1.807, 2.05) is 30.3 Å². The summed E-state index contributed by atoms with van der Waals surface area (Å²) in [4.78, 5) is 36.4. The predicted molar refractivity (Wildman–Crippen MR) is 133 cm³/mol. The van der Waals surface area contributed by atoms with Crippen LogP contribution in [0.25, 0.3) is 0 Å². The lowest BCUT2D eigenvalue weighted by Gasteiger charge is -2.25. The van der Waals surface area contributed by atoms with Gasteiger partial charge in [0.05, 0.1) is 16.3 Å². The van der Waals surface area contributed by atoms with Crippen molar-refractivity contribution in [3.05, 3.63) is 60.2 Å². The molecular weight excluding hydrogens is 524 g/mol. The zero-order valence-electron chi connectivity index (χ0n) is 20.0. The van der Waals surface area contributed by atoms with Gasteiger partial charge in [-0.05, 0) is 42.7 Å². The Balaban J connectivity index is 1.62. The fraction of sp³-hybridized carbons (Fsp3) is 0.348. The summed E-state index contributed by atoms with van der Waals surface area (Å²) < 4.78 is 50.6. The summed E-state index contributed by atoms with van der Waals surface area (Å²) in [5.41, 5.74) is 0.842. The van der Waals surface area contributed by atoms with Crippen LogP contribution in [0.1, 0.15) is 18.4 Å². The molecule has 1 saturated heterocycles. The van der Waals surface area contributed by atoms with Gasteiger partial charge in [0, 0.05) is 19.3 Å². The third-order valence-corrected chi connectivity index (χ3v) is 8.79. The van der Waals surface area contributed by atoms with Crippen LogP contribution in [0.4, 0.5) is 4.79 Å². The van der Waals surface area contributed by atoms with E-state index >= 15 is 0 Å². The Hall–Kier alpha value is -3.49. The highest BCUT2D eigenvalue weighted by Crippen LogP contribution is 2.27. The average Bonchev–Trinajstić information content (AvgIpc) is 3.36. The third-order valence-electron chi connectivity index (χ3n) is 5.74. The largest absolute Gasteiger partial charge is 0.480 e. The molecule has 0 spiro atoms. The first kappa shape index (κ1) is 28.1. The second kappa shape index (κ2) is 11.7. The number of carboxylic acids is 1. The van der Waals surface area contributed by atoms with E-state index in [4.69, 9.17) is 0 Å². The topological polar surface area (TPSA) is 179 Å². The Kier molecular flexibility index (Phi) is 8.89. The molecule has 1 fully saturated rings. The Morgan fingerprint density at radius 2 is 1.59 bits per heavy atom. The second-order valence-electron chi connectivity index (χ2n) is 8.47. The van der Waals surface area contributed by atoms with Crippen molar-refractivity contribution in [1.82, 2.24) is 20.3 Å². The SMILES string of the molecule is CS(=O)(=O)c1ccc(S(=O)(=O)N2CCC[C@H]2C(=O)N[C@@H](CNC(=O)NCc2ccccc2)C(=O)O)cc1. The minimum absolute atomic E-state index is 0.0339. The van der Waals surface area contributed by atoms with Crippen molar-refractivity contribution in [2.75, 3.05) is 19.3 Å². The van der Waals surface area contributed by atoms with Gasteiger partial charge in [-0.2, -0.15) is 4.31 Å². The van der Waals surface area contributed by atoms with Crippen molar-refractivity contribution in [1.29, 1.82) is 0 Å². The van der Waals surface area contributed by atoms with Crippen LogP contribution >= 0.6 is 0 Å². The molecule has 12 nitrogen and oxygen atoms in total. The van der Waals surface area contributed by atoms with E-state index in [-0.39, 0.29) is 29.3 Å². The molecule has 2 aromatic rings. The van der Waals surface area contributed by atoms with Crippen LogP contribution in [0.5, 0.6) is 0 Å². The first-order valence-corrected chi connectivity index (χ1v) is 14.6. The highest BCUT2D eigenvalue weighted by molar-refractivity contribution is 7.90. The van der Waals surface area contributed by atoms with Gasteiger partial charge in [0.1, 0.15) is 12.1 Å². The van der Waals surface area contributed by atoms with Gasteiger partial charge in [-0.1, -0.05) is 30.3 Å². The number of urea groups is 1. The van der Waals surface area contributed by atoms with Gasteiger partial charge in [-0.15, -0.1) is 0 Å². The summed E-state index contributed by atoms with van der Waals surface area (Å²) in [7, 11) is -7.68. The van der Waals surface area contributed by atoms with Crippen LogP contribution in [0.15, 0.2) is 64.4 Å². The average molecular weight is 553 g/mol. The summed E-state index contributed by atoms with van der Waals surface area (Å²) in [6.07, 6.45) is 1.54. The number of rotatable bonds is 10. The highest BCUT2D eigenvalue weighted by Gasteiger charge is 2.40. The molecule has 3 amide bonds. The summed E-state index contributed by atoms with van der Waals surface area (Å²) in [5, 5.41) is 16.8. The molecule has 0 unspecified atom stereocenters. The van der Waals surface area contributed by atoms with Gasteiger partial charge < -0.3 is 21.1 Å². The van der Waals surface area contributed by atoms with Crippen molar-refractivity contribution >= 4 is 37.8 Å². The molecule has 4 N–H and O–H groups in total. The van der Waals surface area contributed by atoms with Gasteiger partial charge in [0.2, 0.25) is 15.9 Å². The fourth-order valence-corrected chi connectivity index (χ4v) is 6.07. The van der Waals surface area contributed by atoms with Gasteiger partial charge in [0.25, 0.3) is 0 Å². The second-order valence-corrected chi connectivity index (χ2v) is 12.4. The molecule has 1 aliphatic heterocycles. The standard InChI is InChI=1S/C23H28N4O8S2/c1-36(32,33)17-9-11-18(12-10-17)37(34,35)27-13-5-8-20(27)21(28)26-19(22(29)30)15-25-23(31)24-14-16-6-3-2-4-7-16/h2-4,6-7,9-12,19-20H,5,8,13-15H2,1H3,(H,26,28)(H,29,30)(H2,24,25,31)/t19-,20-/m0/s1. The number of sulfone groups is 1. The van der Waals surface area contributed by atoms with E-state index in [1.165, 1.54) is 12.1 Å². The minimum atomic E-state index is -4.16. The molecule has 0 aliphatic carbocycles. The molecule has 0 saturated carbocycles. The number of nitrogens with one attached hydrogen (secondary N) is 3. The van der Waals surface area contributed by atoms with E-state index in [2.05, 4.69) is 16.0 Å². The van der Waals surface area contributed by atoms with E-state index in [0.717, 1.165) is 28.3 Å². The zero-order valence-corrected chi connectivity index (χ0v) is 21.6. The zero-order chi connectivity index (χ0) is 27.2. The first-order valence-electron chi connectivity index (χ1n) is 11.3. The molecule has 1 heterocycles. The summed E-state index contributed by atoms with van der Waals surface area (Å²) in [6, 6.07) is 10.4. The van der Waals surface area contributed by atoms with Crippen LogP contribution < -0.4 is 16.0 Å². The van der Waals surface area contributed by atoms with Crippen LogP contribution in [0.3, 0.4) is 0 Å². The molecule has 200 valence electrons. The number of hydrogen-bond acceptors (Lipinski definition) is 7. The number of aliphatic carboxylic acids is 1. The maximum Gasteiger partial charge on any atom is 0.328 e. The summed E-state index contributed by atoms with van der Waals surface area (Å²) >= 11 is 0. The molecule has 2 atom stereocenters. The lowest BCUT2D eigenvalue weighted by atomic mass is 10.2. The number of carbonyl (C=O) groups excluding carboxylic acids is 2. The number of carboxylic acid groups (broad SMARTS) is 1. The number of nitrogens with zero attached hydrogens (tertiary/aromatic N) is 1. The van der Waals surface area contributed by atoms with E-state index in [0.29, 0.717) is 6.42 Å². The third kappa shape index (κ3) is 7.27. The van der Waals surface area contributed by atoms with Crippen LogP contribution in [-0.4, -0.2) is 75.6 Å². The molecule has 14 heteroatoms. The Bertz CT molecular complexity index is 1350. The summed E-state index contributed by atoms with van der Waals surface area (Å²) in [6.45, 7) is -0.170. The fourth-order valence-electron chi connectivity index (χ4n) is 3.79. The lowest BCUT2D eigenvalue weighted by molar-refractivity contribution is -0.142. The lowest BCUT2D eigenvalue weighted by Crippen LogP contribution is -2.54. The predicted octanol–water partition coefficient (Wildman–Crippen LogP) is 0.312. The van der Waals surface area contributed by atoms with Gasteiger partial charge >= 0.3 is 12.0 Å². The minimum Gasteiger partial charge on any atom is -0.480 e. The van der Waals surface area contributed by atoms with Crippen molar-refractivity contribution in [3.63, 3.8) is 0 Å². The Morgan fingerprint density at radius 3 is 2.19 bits per heavy atom. The van der Waals surface area contributed by atoms with Crippen LogP contribution in [-0.2, 0) is 36.0 Å². The molecule has 2 aromatic carbocycles. The van der Waals surface area contributed by atoms with E-state index in [1.54, 1.807) is 0 Å². The number of amides is 3. The van der Waals surface area contributed by atoms with Crippen molar-refractivity contribution in [2.24, 2.45) is 0 Å². The van der Waals surface area contributed by atoms with Crippen molar-refractivity contribution in [3.8, 4) is 0 Å². The molecule has 1 aliphatic rings. The van der Waals surface area contributed by atoms with E-state index in [9.17, 15) is 36.3 Å². The van der Waals surface area contributed by atoms with E-state index < -0.39 is 56.4 Å². The number of benzene rings is 2. The number of sulfonamides is 1. The normalized spacial score (nSPS) is 17.1. The molecular formula is C23H28N4O8S2.